The third-order valence-corrected chi connectivity index (χ3v) is 5.92. The fraction of sp³-hybridized carbons (Fsp3) is 0.778. The third-order valence-electron chi connectivity index (χ3n) is 5.21. The van der Waals surface area contributed by atoms with Gasteiger partial charge in [0.2, 0.25) is 0 Å². The molecule has 1 aliphatic heterocycles. The maximum atomic E-state index is 12.2. The van der Waals surface area contributed by atoms with Gasteiger partial charge in [0.05, 0.1) is 12.3 Å². The monoisotopic (exact) mass is 358 g/mol. The van der Waals surface area contributed by atoms with Gasteiger partial charge in [-0.1, -0.05) is 24.6 Å². The van der Waals surface area contributed by atoms with Gasteiger partial charge < -0.3 is 14.6 Å². The highest BCUT2D eigenvalue weighted by Gasteiger charge is 2.23. The van der Waals surface area contributed by atoms with Crippen LogP contribution in [0, 0.1) is 5.92 Å². The molecule has 2 heterocycles. The molecule has 1 N–H and O–H groups in total. The van der Waals surface area contributed by atoms with Gasteiger partial charge in [-0.2, -0.15) is 8.78 Å². The van der Waals surface area contributed by atoms with Crippen molar-refractivity contribution < 1.29 is 13.2 Å². The van der Waals surface area contributed by atoms with E-state index in [1.54, 1.807) is 6.07 Å². The Kier molecular flexibility index (Phi) is 6.98. The Bertz CT molecular complexity index is 483. The van der Waals surface area contributed by atoms with Gasteiger partial charge in [-0.05, 0) is 56.8 Å². The number of hydrogen-bond donors (Lipinski definition) is 1. The Morgan fingerprint density at radius 2 is 1.83 bits per heavy atom. The smallest absolute Gasteiger partial charge is 0.284 e. The number of rotatable bonds is 8. The minimum absolute atomic E-state index is 0.233. The quantitative estimate of drug-likeness (QED) is 0.742. The molecule has 1 aromatic rings. The van der Waals surface area contributed by atoms with Crippen LogP contribution in [0.15, 0.2) is 16.5 Å². The molecule has 0 atom stereocenters. The first kappa shape index (κ1) is 18.2. The van der Waals surface area contributed by atoms with Crippen molar-refractivity contribution in [3.8, 4) is 0 Å². The van der Waals surface area contributed by atoms with Crippen molar-refractivity contribution in [2.45, 2.75) is 62.6 Å². The number of halogens is 2. The standard InChI is InChI=1S/C18H28F2N2OS/c19-18(20)24-13-17-6-5-16(23-17)11-21-15-7-9-22(10-8-15)12-14-3-1-2-4-14/h5-6,14-15,18,21H,1-4,7-13H2. The minimum atomic E-state index is -2.34. The summed E-state index contributed by atoms with van der Waals surface area (Å²) < 4.78 is 30.0. The molecule has 3 rings (SSSR count). The molecule has 24 heavy (non-hydrogen) atoms. The van der Waals surface area contributed by atoms with Crippen LogP contribution in [-0.2, 0) is 12.3 Å². The molecule has 3 nitrogen and oxygen atoms in total. The molecule has 6 heteroatoms. The molecule has 0 aromatic carbocycles. The zero-order chi connectivity index (χ0) is 16.8. The van der Waals surface area contributed by atoms with E-state index < -0.39 is 5.76 Å². The van der Waals surface area contributed by atoms with Gasteiger partial charge >= 0.3 is 0 Å². The number of likely N-dealkylation sites (tertiary alicyclic amines) is 1. The molecule has 1 saturated carbocycles. The third kappa shape index (κ3) is 5.74. The van der Waals surface area contributed by atoms with E-state index in [2.05, 4.69) is 10.2 Å². The SMILES string of the molecule is FC(F)SCc1ccc(CNC2CCN(CC3CCCC3)CC2)o1. The molecule has 0 amide bonds. The highest BCUT2D eigenvalue weighted by atomic mass is 32.2. The highest BCUT2D eigenvalue weighted by molar-refractivity contribution is 7.98. The molecular formula is C18H28F2N2OS. The van der Waals surface area contributed by atoms with Gasteiger partial charge in [0.1, 0.15) is 11.5 Å². The Balaban J connectivity index is 1.33. The fourth-order valence-corrected chi connectivity index (χ4v) is 4.31. The summed E-state index contributed by atoms with van der Waals surface area (Å²) in [5, 5.41) is 3.55. The van der Waals surface area contributed by atoms with E-state index in [9.17, 15) is 8.78 Å². The summed E-state index contributed by atoms with van der Waals surface area (Å²) in [4.78, 5) is 2.63. The maximum Gasteiger partial charge on any atom is 0.284 e. The predicted octanol–water partition coefficient (Wildman–Crippen LogP) is 4.48. The van der Waals surface area contributed by atoms with Crippen LogP contribution in [0.3, 0.4) is 0 Å². The van der Waals surface area contributed by atoms with Gasteiger partial charge in [0.25, 0.3) is 5.76 Å². The van der Waals surface area contributed by atoms with Crippen molar-refractivity contribution in [1.82, 2.24) is 10.2 Å². The van der Waals surface area contributed by atoms with Crippen LogP contribution in [0.4, 0.5) is 8.78 Å². The summed E-state index contributed by atoms with van der Waals surface area (Å²) in [6.45, 7) is 4.34. The van der Waals surface area contributed by atoms with Crippen LogP contribution < -0.4 is 5.32 Å². The lowest BCUT2D eigenvalue weighted by Crippen LogP contribution is -2.43. The first-order valence-corrected chi connectivity index (χ1v) is 10.2. The lowest BCUT2D eigenvalue weighted by Gasteiger charge is -2.33. The molecule has 0 radical (unpaired) electrons. The number of nitrogens with zero attached hydrogens (tertiary/aromatic N) is 1. The van der Waals surface area contributed by atoms with Crippen LogP contribution >= 0.6 is 11.8 Å². The Labute approximate surface area is 147 Å². The molecule has 136 valence electrons. The van der Waals surface area contributed by atoms with Gasteiger partial charge in [0, 0.05) is 12.6 Å². The molecule has 1 aliphatic carbocycles. The zero-order valence-electron chi connectivity index (χ0n) is 14.2. The summed E-state index contributed by atoms with van der Waals surface area (Å²) in [5.41, 5.74) is 0. The van der Waals surface area contributed by atoms with Gasteiger partial charge in [-0.15, -0.1) is 0 Å². The molecule has 1 saturated heterocycles. The second-order valence-electron chi connectivity index (χ2n) is 7.05. The van der Waals surface area contributed by atoms with E-state index in [1.807, 2.05) is 6.07 Å². The summed E-state index contributed by atoms with van der Waals surface area (Å²) in [7, 11) is 0. The van der Waals surface area contributed by atoms with Crippen LogP contribution in [0.5, 0.6) is 0 Å². The molecule has 0 unspecified atom stereocenters. The van der Waals surface area contributed by atoms with Crippen LogP contribution in [0.1, 0.15) is 50.0 Å². The largest absolute Gasteiger partial charge is 0.464 e. The first-order valence-electron chi connectivity index (χ1n) is 9.12. The van der Waals surface area contributed by atoms with Crippen molar-refractivity contribution in [1.29, 1.82) is 0 Å². The predicted molar refractivity (Wildman–Crippen MR) is 94.3 cm³/mol. The van der Waals surface area contributed by atoms with Crippen molar-refractivity contribution in [3.63, 3.8) is 0 Å². The lowest BCUT2D eigenvalue weighted by atomic mass is 10.0. The Morgan fingerprint density at radius 3 is 2.54 bits per heavy atom. The van der Waals surface area contributed by atoms with E-state index in [1.165, 1.54) is 58.2 Å². The molecule has 0 spiro atoms. The number of nitrogens with one attached hydrogen (secondary N) is 1. The molecule has 1 aromatic heterocycles. The lowest BCUT2D eigenvalue weighted by molar-refractivity contribution is 0.171. The average Bonchev–Trinajstić information content (AvgIpc) is 3.24. The fourth-order valence-electron chi connectivity index (χ4n) is 3.86. The summed E-state index contributed by atoms with van der Waals surface area (Å²) in [6, 6.07) is 4.23. The number of hydrogen-bond acceptors (Lipinski definition) is 4. The maximum absolute atomic E-state index is 12.2. The van der Waals surface area contributed by atoms with Gasteiger partial charge in [-0.25, -0.2) is 0 Å². The minimum Gasteiger partial charge on any atom is -0.464 e. The Hall–Kier alpha value is -0.590. The van der Waals surface area contributed by atoms with Crippen LogP contribution in [-0.4, -0.2) is 36.3 Å². The van der Waals surface area contributed by atoms with E-state index in [4.69, 9.17) is 4.42 Å². The first-order chi connectivity index (χ1) is 11.7. The molecule has 0 bridgehead atoms. The van der Waals surface area contributed by atoms with E-state index in [0.29, 0.717) is 30.1 Å². The zero-order valence-corrected chi connectivity index (χ0v) is 15.0. The Morgan fingerprint density at radius 1 is 1.12 bits per heavy atom. The average molecular weight is 358 g/mol. The van der Waals surface area contributed by atoms with Crippen molar-refractivity contribution >= 4 is 11.8 Å². The van der Waals surface area contributed by atoms with Crippen molar-refractivity contribution in [2.24, 2.45) is 5.92 Å². The molecule has 2 aliphatic rings. The van der Waals surface area contributed by atoms with Crippen molar-refractivity contribution in [3.05, 3.63) is 23.7 Å². The normalized spacial score (nSPS) is 21.1. The summed E-state index contributed by atoms with van der Waals surface area (Å²) in [6.07, 6.45) is 8.04. The number of piperidine rings is 1. The van der Waals surface area contributed by atoms with Crippen LogP contribution in [0.25, 0.3) is 0 Å². The van der Waals surface area contributed by atoms with Crippen LogP contribution in [0.2, 0.25) is 0 Å². The molecular weight excluding hydrogens is 330 g/mol. The number of alkyl halides is 2. The number of thioether (sulfide) groups is 1. The summed E-state index contributed by atoms with van der Waals surface area (Å²) >= 11 is 0.604. The van der Waals surface area contributed by atoms with Gasteiger partial charge in [-0.3, -0.25) is 0 Å². The second kappa shape index (κ2) is 9.20. The van der Waals surface area contributed by atoms with E-state index in [0.717, 1.165) is 11.7 Å². The van der Waals surface area contributed by atoms with Crippen molar-refractivity contribution in [2.75, 3.05) is 19.6 Å². The second-order valence-corrected chi connectivity index (χ2v) is 8.02. The molecule has 2 fully saturated rings. The highest BCUT2D eigenvalue weighted by Crippen LogP contribution is 2.26. The van der Waals surface area contributed by atoms with Gasteiger partial charge in [0.15, 0.2) is 0 Å². The van der Waals surface area contributed by atoms with E-state index >= 15 is 0 Å². The van der Waals surface area contributed by atoms with E-state index in [-0.39, 0.29) is 5.75 Å². The summed E-state index contributed by atoms with van der Waals surface area (Å²) in [5.74, 6) is 0.294. The number of furan rings is 1. The topological polar surface area (TPSA) is 28.4 Å².